The molecule has 0 aromatic carbocycles. The molecule has 0 amide bonds. The van der Waals surface area contributed by atoms with Crippen LogP contribution in [0.5, 0.6) is 5.88 Å². The summed E-state index contributed by atoms with van der Waals surface area (Å²) in [5.41, 5.74) is 1.20. The Morgan fingerprint density at radius 1 is 1.50 bits per heavy atom. The van der Waals surface area contributed by atoms with Crippen molar-refractivity contribution in [1.82, 2.24) is 10.3 Å². The molecule has 0 bridgehead atoms. The molecule has 1 rings (SSSR count). The number of nitrogens with zero attached hydrogens (tertiary/aromatic N) is 1. The maximum Gasteiger partial charge on any atom is 0.213 e. The average molecular weight is 222 g/mol. The van der Waals surface area contributed by atoms with Gasteiger partial charge in [-0.1, -0.05) is 20.3 Å². The molecule has 1 N–H and O–H groups in total. The minimum atomic E-state index is 0.597. The van der Waals surface area contributed by atoms with E-state index in [2.05, 4.69) is 24.1 Å². The molecule has 3 nitrogen and oxygen atoms in total. The van der Waals surface area contributed by atoms with Gasteiger partial charge in [0.25, 0.3) is 0 Å². The van der Waals surface area contributed by atoms with Gasteiger partial charge >= 0.3 is 0 Å². The predicted octanol–water partition coefficient (Wildman–Crippen LogP) is 2.62. The summed E-state index contributed by atoms with van der Waals surface area (Å²) in [6.07, 6.45) is 4.21. The van der Waals surface area contributed by atoms with Crippen LogP contribution in [0.1, 0.15) is 32.3 Å². The molecule has 0 fully saturated rings. The zero-order chi connectivity index (χ0) is 11.8. The van der Waals surface area contributed by atoms with Crippen molar-refractivity contribution in [2.24, 2.45) is 5.92 Å². The smallest absolute Gasteiger partial charge is 0.213 e. The van der Waals surface area contributed by atoms with Gasteiger partial charge in [0.05, 0.1) is 6.61 Å². The summed E-state index contributed by atoms with van der Waals surface area (Å²) in [5, 5.41) is 3.11. The van der Waals surface area contributed by atoms with Crippen LogP contribution in [-0.4, -0.2) is 18.6 Å². The second-order valence-electron chi connectivity index (χ2n) is 4.24. The van der Waals surface area contributed by atoms with Gasteiger partial charge in [0.2, 0.25) is 5.88 Å². The molecule has 3 heteroatoms. The molecule has 16 heavy (non-hydrogen) atoms. The third kappa shape index (κ3) is 4.62. The topological polar surface area (TPSA) is 34.1 Å². The lowest BCUT2D eigenvalue weighted by Gasteiger charge is -2.11. The lowest BCUT2D eigenvalue weighted by molar-refractivity contribution is 0.243. The van der Waals surface area contributed by atoms with Crippen LogP contribution in [0.25, 0.3) is 0 Å². The zero-order valence-electron chi connectivity index (χ0n) is 10.5. The van der Waals surface area contributed by atoms with E-state index in [0.717, 1.165) is 19.0 Å². The maximum atomic E-state index is 5.67. The first kappa shape index (κ1) is 13.0. The Morgan fingerprint density at radius 3 is 3.00 bits per heavy atom. The average Bonchev–Trinajstić information content (AvgIpc) is 2.28. The Bertz CT molecular complexity index is 302. The van der Waals surface area contributed by atoms with Crippen molar-refractivity contribution in [1.29, 1.82) is 0 Å². The van der Waals surface area contributed by atoms with Gasteiger partial charge in [0.1, 0.15) is 0 Å². The third-order valence-electron chi connectivity index (χ3n) is 2.48. The molecule has 0 aliphatic carbocycles. The summed E-state index contributed by atoms with van der Waals surface area (Å²) in [7, 11) is 1.93. The fourth-order valence-electron chi connectivity index (χ4n) is 1.65. The SMILES string of the molecule is CCCC(C)COc1cc(CNC)ccn1. The summed E-state index contributed by atoms with van der Waals surface area (Å²) >= 11 is 0. The van der Waals surface area contributed by atoms with E-state index in [1.54, 1.807) is 6.20 Å². The van der Waals surface area contributed by atoms with Crippen molar-refractivity contribution in [2.75, 3.05) is 13.7 Å². The summed E-state index contributed by atoms with van der Waals surface area (Å²) in [5.74, 6) is 1.33. The van der Waals surface area contributed by atoms with Crippen LogP contribution < -0.4 is 10.1 Å². The molecule has 1 atom stereocenters. The van der Waals surface area contributed by atoms with Gasteiger partial charge in [-0.2, -0.15) is 0 Å². The van der Waals surface area contributed by atoms with Gasteiger partial charge in [0.15, 0.2) is 0 Å². The van der Waals surface area contributed by atoms with Crippen molar-refractivity contribution in [2.45, 2.75) is 33.2 Å². The number of ether oxygens (including phenoxy) is 1. The first-order valence-electron chi connectivity index (χ1n) is 5.98. The highest BCUT2D eigenvalue weighted by Crippen LogP contribution is 2.12. The molecule has 90 valence electrons. The van der Waals surface area contributed by atoms with Crippen LogP contribution in [0.4, 0.5) is 0 Å². The van der Waals surface area contributed by atoms with E-state index in [0.29, 0.717) is 5.92 Å². The highest BCUT2D eigenvalue weighted by Gasteiger charge is 2.03. The van der Waals surface area contributed by atoms with E-state index in [9.17, 15) is 0 Å². The van der Waals surface area contributed by atoms with E-state index in [4.69, 9.17) is 4.74 Å². The molecular formula is C13H22N2O. The van der Waals surface area contributed by atoms with E-state index in [1.807, 2.05) is 19.2 Å². The Balaban J connectivity index is 2.44. The number of pyridine rings is 1. The van der Waals surface area contributed by atoms with Gasteiger partial charge in [-0.05, 0) is 31.0 Å². The second kappa shape index (κ2) is 7.23. The summed E-state index contributed by atoms with van der Waals surface area (Å²) in [6, 6.07) is 3.99. The summed E-state index contributed by atoms with van der Waals surface area (Å²) in [4.78, 5) is 4.20. The Kier molecular flexibility index (Phi) is 5.86. The molecule has 0 saturated carbocycles. The van der Waals surface area contributed by atoms with Crippen molar-refractivity contribution < 1.29 is 4.74 Å². The van der Waals surface area contributed by atoms with E-state index in [1.165, 1.54) is 18.4 Å². The fourth-order valence-corrected chi connectivity index (χ4v) is 1.65. The van der Waals surface area contributed by atoms with Crippen molar-refractivity contribution >= 4 is 0 Å². The number of rotatable bonds is 7. The number of nitrogens with one attached hydrogen (secondary N) is 1. The molecule has 1 aromatic heterocycles. The molecule has 1 unspecified atom stereocenters. The quantitative estimate of drug-likeness (QED) is 0.770. The van der Waals surface area contributed by atoms with Crippen molar-refractivity contribution in [3.8, 4) is 5.88 Å². The van der Waals surface area contributed by atoms with Crippen molar-refractivity contribution in [3.63, 3.8) is 0 Å². The monoisotopic (exact) mass is 222 g/mol. The van der Waals surface area contributed by atoms with Gasteiger partial charge in [-0.25, -0.2) is 4.98 Å². The molecular weight excluding hydrogens is 200 g/mol. The lowest BCUT2D eigenvalue weighted by Crippen LogP contribution is -2.10. The van der Waals surface area contributed by atoms with Crippen LogP contribution in [-0.2, 0) is 6.54 Å². The predicted molar refractivity (Wildman–Crippen MR) is 66.6 cm³/mol. The largest absolute Gasteiger partial charge is 0.477 e. The number of aromatic nitrogens is 1. The summed E-state index contributed by atoms with van der Waals surface area (Å²) < 4.78 is 5.67. The van der Waals surface area contributed by atoms with Crippen LogP contribution in [0, 0.1) is 5.92 Å². The Labute approximate surface area is 98.2 Å². The third-order valence-corrected chi connectivity index (χ3v) is 2.48. The summed E-state index contributed by atoms with van der Waals surface area (Å²) in [6.45, 7) is 6.01. The molecule has 1 heterocycles. The first-order valence-corrected chi connectivity index (χ1v) is 5.98. The van der Waals surface area contributed by atoms with E-state index < -0.39 is 0 Å². The second-order valence-corrected chi connectivity index (χ2v) is 4.24. The molecule has 0 aliphatic heterocycles. The van der Waals surface area contributed by atoms with Crippen LogP contribution in [0.3, 0.4) is 0 Å². The first-order chi connectivity index (χ1) is 7.76. The van der Waals surface area contributed by atoms with Crippen molar-refractivity contribution in [3.05, 3.63) is 23.9 Å². The van der Waals surface area contributed by atoms with E-state index >= 15 is 0 Å². The number of hydrogen-bond donors (Lipinski definition) is 1. The minimum Gasteiger partial charge on any atom is -0.477 e. The minimum absolute atomic E-state index is 0.597. The lowest BCUT2D eigenvalue weighted by atomic mass is 10.1. The fraction of sp³-hybridized carbons (Fsp3) is 0.615. The molecule has 1 aromatic rings. The van der Waals surface area contributed by atoms with Gasteiger partial charge in [0, 0.05) is 18.8 Å². The molecule has 0 radical (unpaired) electrons. The van der Waals surface area contributed by atoms with Crippen LogP contribution >= 0.6 is 0 Å². The van der Waals surface area contributed by atoms with Gasteiger partial charge < -0.3 is 10.1 Å². The van der Waals surface area contributed by atoms with Gasteiger partial charge in [-0.15, -0.1) is 0 Å². The van der Waals surface area contributed by atoms with E-state index in [-0.39, 0.29) is 0 Å². The Morgan fingerprint density at radius 2 is 2.31 bits per heavy atom. The number of hydrogen-bond acceptors (Lipinski definition) is 3. The van der Waals surface area contributed by atoms with Gasteiger partial charge in [-0.3, -0.25) is 0 Å². The molecule has 0 saturated heterocycles. The van der Waals surface area contributed by atoms with Crippen LogP contribution in [0.2, 0.25) is 0 Å². The Hall–Kier alpha value is -1.09. The molecule has 0 spiro atoms. The normalized spacial score (nSPS) is 12.4. The maximum absolute atomic E-state index is 5.67. The standard InChI is InChI=1S/C13H22N2O/c1-4-5-11(2)10-16-13-8-12(9-14-3)6-7-15-13/h6-8,11,14H,4-5,9-10H2,1-3H3. The molecule has 0 aliphatic rings. The highest BCUT2D eigenvalue weighted by atomic mass is 16.5. The van der Waals surface area contributed by atoms with Crippen LogP contribution in [0.15, 0.2) is 18.3 Å². The zero-order valence-corrected chi connectivity index (χ0v) is 10.5. The highest BCUT2D eigenvalue weighted by molar-refractivity contribution is 5.20.